The van der Waals surface area contributed by atoms with Gasteiger partial charge in [0, 0.05) is 88.8 Å². The Morgan fingerprint density at radius 2 is 0.492 bits per heavy atom. The van der Waals surface area contributed by atoms with E-state index in [-0.39, 0.29) is 124 Å². The number of nitrogens with zero attached hydrogens (tertiary/aromatic N) is 5. The number of rotatable bonds is 11. The van der Waals surface area contributed by atoms with Crippen molar-refractivity contribution in [2.75, 3.05) is 24.5 Å². The molecule has 10 aromatic carbocycles. The maximum absolute atomic E-state index is 13.0. The second-order valence-electron chi connectivity index (χ2n) is 31.0. The zero-order chi connectivity index (χ0) is 85.7. The molecule has 610 valence electrons. The lowest BCUT2D eigenvalue weighted by Gasteiger charge is -2.21. The summed E-state index contributed by atoms with van der Waals surface area (Å²) < 4.78 is 42.7. The minimum atomic E-state index is -4.78. The third kappa shape index (κ3) is 15.2. The molecule has 5 heterocycles. The first-order valence-electron chi connectivity index (χ1n) is 37.0. The van der Waals surface area contributed by atoms with Crippen molar-refractivity contribution >= 4 is 235 Å². The van der Waals surface area contributed by atoms with Crippen LogP contribution >= 0.6 is 148 Å². The molecule has 5 aliphatic heterocycles. The van der Waals surface area contributed by atoms with E-state index < -0.39 is 34.4 Å². The molecule has 16 nitrogen and oxygen atoms in total. The average Bonchev–Trinajstić information content (AvgIpc) is 1.50. The zero-order valence-corrected chi connectivity index (χ0v) is 72.9. The highest BCUT2D eigenvalue weighted by molar-refractivity contribution is 9.10. The summed E-state index contributed by atoms with van der Waals surface area (Å²) in [6, 6.07) is 63.6. The molecule has 10 amide bonds. The van der Waals surface area contributed by atoms with Crippen LogP contribution in [0.1, 0.15) is 78.2 Å². The largest absolute Gasteiger partial charge is 0.573 e. The van der Waals surface area contributed by atoms with Crippen LogP contribution in [0.25, 0.3) is 0 Å². The Hall–Kier alpha value is -8.65. The Bertz CT molecular complexity index is 5890. The molecule has 0 N–H and O–H groups in total. The third-order valence-electron chi connectivity index (χ3n) is 23.9. The van der Waals surface area contributed by atoms with E-state index in [4.69, 9.17) is 116 Å². The molecule has 2 unspecified atom stereocenters. The standard InChI is InChI=1S/C19H12Cl2F3NO3.C18H12BrCl2NO2.C18H13Cl2NO2.C17H10BrCl2NO2.C17H11Cl2NO2/c1-18-14(9-2-4-13(5-3-9)28-19(22,23)24)15(18)16(26)25(17(18)27)12-7-10(20)6-11(21)8-12;1-18-14(9-2-4-10(19)5-3-9)15(18)16(23)22(17(18)24)13-7-11(20)6-12(21)8-13;1-18-14(10-5-3-2-4-6-10)15(18)16(22)21(17(18)23)13-8-11(19)7-12(20)9-13;18-9-3-1-8(2-4-9)13-14-15(13)17(23)21(16(14)22)12-6-10(19)5-11(20)7-12;18-10-6-11(19)8-12(7-10)20-16(21)14-13(15(14)17(20)22)9-4-2-1-3-5-9/h2-8,14-15H,1H3;2-8,14-15H,1H3;2-9,14-15H,1H3;1-7,13-15H;1-8,13-15H/t3*14-,15-,18-;2*13?,14-,15+/m111../s1. The van der Waals surface area contributed by atoms with Gasteiger partial charge >= 0.3 is 6.36 Å². The molecule has 0 aromatic heterocycles. The van der Waals surface area contributed by atoms with Gasteiger partial charge in [0.2, 0.25) is 59.1 Å². The summed E-state index contributed by atoms with van der Waals surface area (Å²) in [6.07, 6.45) is -4.78. The number of alkyl halides is 3. The first-order chi connectivity index (χ1) is 56.8. The number of hydrogen-bond acceptors (Lipinski definition) is 11. The maximum atomic E-state index is 13.0. The van der Waals surface area contributed by atoms with Crippen molar-refractivity contribution in [2.45, 2.75) is 56.7 Å². The number of ether oxygens (including phenoxy) is 1. The van der Waals surface area contributed by atoms with E-state index >= 15 is 0 Å². The first kappa shape index (κ1) is 84.9. The molecular formula is C89H58Br2Cl10F3N5O11. The lowest BCUT2D eigenvalue weighted by atomic mass is 9.99. The quantitative estimate of drug-likeness (QED) is 0.112. The number of piperidine rings is 5. The van der Waals surface area contributed by atoms with Gasteiger partial charge in [-0.05, 0) is 176 Å². The average molecular weight is 1940 g/mol. The van der Waals surface area contributed by atoms with Gasteiger partial charge in [-0.25, -0.2) is 24.5 Å². The molecule has 31 heteroatoms. The molecular weight excluding hydrogens is 1890 g/mol. The van der Waals surface area contributed by atoms with Gasteiger partial charge in [-0.1, -0.05) is 245 Å². The van der Waals surface area contributed by atoms with Crippen LogP contribution in [0.15, 0.2) is 233 Å². The Morgan fingerprint density at radius 3 is 0.733 bits per heavy atom. The molecule has 10 aliphatic rings. The summed E-state index contributed by atoms with van der Waals surface area (Å²) in [6.45, 7) is 5.40. The highest BCUT2D eigenvalue weighted by atomic mass is 79.9. The molecule has 5 aliphatic carbocycles. The fourth-order valence-corrected chi connectivity index (χ4v) is 21.3. The van der Waals surface area contributed by atoms with Gasteiger partial charge in [0.05, 0.1) is 86.1 Å². The van der Waals surface area contributed by atoms with Crippen molar-refractivity contribution in [3.05, 3.63) is 311 Å². The molecule has 20 rings (SSSR count). The Kier molecular flexibility index (Phi) is 22.6. The van der Waals surface area contributed by atoms with E-state index in [1.165, 1.54) is 62.1 Å². The Balaban J connectivity index is 0.000000112. The monoisotopic (exact) mass is 1940 g/mol. The number of halogens is 15. The normalized spacial score (nSPS) is 27.1. The molecule has 5 saturated heterocycles. The SMILES string of the molecule is C[C@]12C(=O)N(c3cc(Cl)cc(Cl)c3)C(=O)[C@H]1[C@H]2c1ccc(Br)cc1.C[C@]12C(=O)N(c3cc(Cl)cc(Cl)c3)C(=O)[C@H]1[C@H]2c1ccc(OC(F)(F)F)cc1.C[C@]12C(=O)N(c3cc(Cl)cc(Cl)c3)C(=O)[C@H]1[C@H]2c1ccccc1.O=C1[C@@H]2C(c3ccc(Br)cc3)[C@@H]2C(=O)N1c1cc(Cl)cc(Cl)c1.O=C1[C@@H]2C(c3ccccc3)[C@@H]2C(=O)N1c1cc(Cl)cc(Cl)c1. The lowest BCUT2D eigenvalue weighted by Crippen LogP contribution is -2.36. The van der Waals surface area contributed by atoms with Crippen LogP contribution in [-0.2, 0) is 47.9 Å². The highest BCUT2D eigenvalue weighted by Gasteiger charge is 2.79. The Morgan fingerprint density at radius 1 is 0.275 bits per heavy atom. The number of benzene rings is 10. The minimum absolute atomic E-state index is 0.00658. The maximum Gasteiger partial charge on any atom is 0.573 e. The van der Waals surface area contributed by atoms with Crippen molar-refractivity contribution in [3.63, 3.8) is 0 Å². The van der Waals surface area contributed by atoms with Crippen molar-refractivity contribution in [3.8, 4) is 5.75 Å². The summed E-state index contributed by atoms with van der Waals surface area (Å²) in [7, 11) is 0. The van der Waals surface area contributed by atoms with Crippen LogP contribution < -0.4 is 29.2 Å². The summed E-state index contributed by atoms with van der Waals surface area (Å²) in [4.78, 5) is 134. The van der Waals surface area contributed by atoms with Gasteiger partial charge in [-0.2, -0.15) is 0 Å². The molecule has 15 atom stereocenters. The topological polar surface area (TPSA) is 196 Å². The molecule has 0 radical (unpaired) electrons. The van der Waals surface area contributed by atoms with Gasteiger partial charge in [-0.15, -0.1) is 13.2 Å². The molecule has 10 fully saturated rings. The fraction of sp³-hybridized carbons (Fsp3) is 0.213. The zero-order valence-electron chi connectivity index (χ0n) is 62.2. The predicted octanol–water partition coefficient (Wildman–Crippen LogP) is 23.1. The summed E-state index contributed by atoms with van der Waals surface area (Å²) in [5.41, 5.74) is 4.46. The van der Waals surface area contributed by atoms with Crippen LogP contribution in [0.5, 0.6) is 5.75 Å². The number of anilines is 5. The van der Waals surface area contributed by atoms with E-state index in [0.29, 0.717) is 84.2 Å². The van der Waals surface area contributed by atoms with Gasteiger partial charge in [-0.3, -0.25) is 47.9 Å². The fourth-order valence-electron chi connectivity index (χ4n) is 18.2. The van der Waals surface area contributed by atoms with Crippen LogP contribution in [-0.4, -0.2) is 65.4 Å². The number of carbonyl (C=O) groups is 10. The van der Waals surface area contributed by atoms with E-state index in [1.807, 2.05) is 123 Å². The predicted molar refractivity (Wildman–Crippen MR) is 462 cm³/mol. The highest BCUT2D eigenvalue weighted by Crippen LogP contribution is 2.73. The van der Waals surface area contributed by atoms with E-state index in [1.54, 1.807) is 79.7 Å². The second-order valence-corrected chi connectivity index (χ2v) is 37.2. The third-order valence-corrected chi connectivity index (χ3v) is 27.1. The smallest absolute Gasteiger partial charge is 0.406 e. The molecule has 5 saturated carbocycles. The van der Waals surface area contributed by atoms with Crippen molar-refractivity contribution < 1.29 is 65.9 Å². The van der Waals surface area contributed by atoms with E-state index in [9.17, 15) is 61.1 Å². The van der Waals surface area contributed by atoms with Gasteiger partial charge in [0.25, 0.3) is 0 Å². The van der Waals surface area contributed by atoms with Crippen LogP contribution in [0.4, 0.5) is 41.6 Å². The number of amides is 10. The van der Waals surface area contributed by atoms with Crippen LogP contribution in [0.2, 0.25) is 50.2 Å². The summed E-state index contributed by atoms with van der Waals surface area (Å²) in [5.74, 6) is -5.38. The summed E-state index contributed by atoms with van der Waals surface area (Å²) >= 11 is 66.6. The lowest BCUT2D eigenvalue weighted by molar-refractivity contribution is -0.274. The molecule has 0 spiro atoms. The van der Waals surface area contributed by atoms with Gasteiger partial charge in [0.15, 0.2) is 0 Å². The molecule has 0 bridgehead atoms. The molecule has 120 heavy (non-hydrogen) atoms. The number of imide groups is 5. The van der Waals surface area contributed by atoms with Crippen LogP contribution in [0, 0.1) is 57.7 Å². The minimum Gasteiger partial charge on any atom is -0.406 e. The van der Waals surface area contributed by atoms with E-state index in [2.05, 4.69) is 36.6 Å². The number of carbonyl (C=O) groups excluding carboxylic acids is 10. The van der Waals surface area contributed by atoms with Crippen LogP contribution in [0.3, 0.4) is 0 Å². The van der Waals surface area contributed by atoms with Crippen molar-refractivity contribution in [1.82, 2.24) is 0 Å². The van der Waals surface area contributed by atoms with Crippen molar-refractivity contribution in [2.24, 2.45) is 57.7 Å². The number of fused-ring (bicyclic) bond motifs is 5. The van der Waals surface area contributed by atoms with Crippen molar-refractivity contribution in [1.29, 1.82) is 0 Å². The van der Waals surface area contributed by atoms with Gasteiger partial charge in [0.1, 0.15) is 5.75 Å². The number of hydrogen-bond donors (Lipinski definition) is 0. The van der Waals surface area contributed by atoms with Gasteiger partial charge < -0.3 is 4.74 Å². The summed E-state index contributed by atoms with van der Waals surface area (Å²) in [5, 5.41) is 3.80. The second kappa shape index (κ2) is 31.9. The Labute approximate surface area is 750 Å². The molecule has 10 aromatic rings. The first-order valence-corrected chi connectivity index (χ1v) is 42.4. The van der Waals surface area contributed by atoms with E-state index in [0.717, 1.165) is 36.1 Å².